The molecule has 0 aliphatic rings. The fourth-order valence-corrected chi connectivity index (χ4v) is 2.49. The van der Waals surface area contributed by atoms with Gasteiger partial charge >= 0.3 is 0 Å². The van der Waals surface area contributed by atoms with Crippen molar-refractivity contribution in [2.45, 2.75) is 24.4 Å². The largest absolute Gasteiger partial charge is 0.388 e. The maximum atomic E-state index is 12.0. The predicted octanol–water partition coefficient (Wildman–Crippen LogP) is -0.255. The number of hydrogen-bond acceptors (Lipinski definition) is 4. The Labute approximate surface area is 94.2 Å². The minimum atomic E-state index is -3.58. The van der Waals surface area contributed by atoms with Crippen LogP contribution in [-0.4, -0.2) is 41.8 Å². The van der Waals surface area contributed by atoms with Crippen LogP contribution in [0, 0.1) is 5.41 Å². The number of nitrogens with one attached hydrogen (secondary N) is 2. The predicted molar refractivity (Wildman–Crippen MR) is 59.5 cm³/mol. The Balaban J connectivity index is 2.89. The monoisotopic (exact) mass is 245 g/mol. The molecule has 4 N–H and O–H groups in total. The van der Waals surface area contributed by atoms with E-state index in [0.717, 1.165) is 0 Å². The molecule has 7 nitrogen and oxygen atoms in total. The number of aromatic nitrogens is 2. The number of nitrogens with zero attached hydrogens (tertiary/aromatic N) is 2. The van der Waals surface area contributed by atoms with E-state index in [-0.39, 0.29) is 23.3 Å². The van der Waals surface area contributed by atoms with Gasteiger partial charge in [0.1, 0.15) is 0 Å². The maximum Gasteiger partial charge on any atom is 0.259 e. The van der Waals surface area contributed by atoms with Gasteiger partial charge in [0, 0.05) is 19.5 Å². The van der Waals surface area contributed by atoms with Crippen LogP contribution in [0.25, 0.3) is 0 Å². The average molecular weight is 245 g/mol. The van der Waals surface area contributed by atoms with Crippen molar-refractivity contribution in [1.29, 1.82) is 5.41 Å². The number of nitrogens with two attached hydrogens (primary N) is 1. The first-order chi connectivity index (χ1) is 7.35. The number of sulfonamides is 1. The first-order valence-electron chi connectivity index (χ1n) is 4.66. The van der Waals surface area contributed by atoms with Crippen molar-refractivity contribution in [1.82, 2.24) is 14.5 Å². The van der Waals surface area contributed by atoms with Gasteiger partial charge < -0.3 is 5.73 Å². The van der Waals surface area contributed by atoms with E-state index in [0.29, 0.717) is 0 Å². The van der Waals surface area contributed by atoms with Gasteiger partial charge in [0.05, 0.1) is 12.0 Å². The summed E-state index contributed by atoms with van der Waals surface area (Å²) in [5, 5.41) is 13.2. The second kappa shape index (κ2) is 4.62. The van der Waals surface area contributed by atoms with Gasteiger partial charge in [-0.05, 0) is 13.0 Å². The smallest absolute Gasteiger partial charge is 0.259 e. The van der Waals surface area contributed by atoms with E-state index >= 15 is 0 Å². The van der Waals surface area contributed by atoms with Gasteiger partial charge in [-0.1, -0.05) is 0 Å². The Morgan fingerprint density at radius 3 is 2.81 bits per heavy atom. The molecule has 1 aromatic heterocycles. The molecule has 1 heterocycles. The molecule has 0 aliphatic heterocycles. The van der Waals surface area contributed by atoms with Crippen molar-refractivity contribution < 1.29 is 8.42 Å². The highest BCUT2D eigenvalue weighted by molar-refractivity contribution is 7.89. The lowest BCUT2D eigenvalue weighted by atomic mass is 10.2. The highest BCUT2D eigenvalue weighted by Crippen LogP contribution is 2.14. The van der Waals surface area contributed by atoms with Crippen molar-refractivity contribution in [3.05, 3.63) is 12.3 Å². The zero-order valence-corrected chi connectivity index (χ0v) is 9.95. The third-order valence-corrected chi connectivity index (χ3v) is 4.17. The van der Waals surface area contributed by atoms with Gasteiger partial charge in [0.15, 0.2) is 5.03 Å². The number of H-pyrrole nitrogens is 1. The molecule has 1 rings (SSSR count). The molecule has 0 radical (unpaired) electrons. The first-order valence-corrected chi connectivity index (χ1v) is 6.10. The van der Waals surface area contributed by atoms with Crippen LogP contribution in [0.15, 0.2) is 17.3 Å². The van der Waals surface area contributed by atoms with Crippen molar-refractivity contribution in [3.63, 3.8) is 0 Å². The van der Waals surface area contributed by atoms with Crippen LogP contribution in [0.2, 0.25) is 0 Å². The Hall–Kier alpha value is -1.41. The molecule has 0 amide bonds. The summed E-state index contributed by atoms with van der Waals surface area (Å²) in [7, 11) is -2.13. The third-order valence-electron chi connectivity index (χ3n) is 2.27. The average Bonchev–Trinajstić information content (AvgIpc) is 2.68. The van der Waals surface area contributed by atoms with Crippen molar-refractivity contribution in [2.75, 3.05) is 7.05 Å². The molecule has 16 heavy (non-hydrogen) atoms. The molecule has 1 unspecified atom stereocenters. The Morgan fingerprint density at radius 1 is 1.75 bits per heavy atom. The Kier molecular flexibility index (Phi) is 3.66. The van der Waals surface area contributed by atoms with E-state index in [1.54, 1.807) is 6.92 Å². The molecular weight excluding hydrogens is 230 g/mol. The molecule has 0 saturated carbocycles. The maximum absolute atomic E-state index is 12.0. The second-order valence-corrected chi connectivity index (χ2v) is 5.49. The molecule has 0 fully saturated rings. The number of aromatic amines is 1. The van der Waals surface area contributed by atoms with Gasteiger partial charge in [-0.3, -0.25) is 10.5 Å². The molecular formula is C8H15N5O2S. The molecule has 8 heteroatoms. The Bertz CT molecular complexity index is 453. The molecule has 0 aliphatic carbocycles. The summed E-state index contributed by atoms with van der Waals surface area (Å²) in [6.45, 7) is 1.69. The lowest BCUT2D eigenvalue weighted by molar-refractivity contribution is 0.394. The molecule has 0 bridgehead atoms. The number of rotatable bonds is 5. The van der Waals surface area contributed by atoms with Crippen LogP contribution in [0.5, 0.6) is 0 Å². The minimum absolute atomic E-state index is 0.0328. The number of amidine groups is 1. The van der Waals surface area contributed by atoms with E-state index in [1.807, 2.05) is 0 Å². The lowest BCUT2D eigenvalue weighted by Crippen LogP contribution is -2.37. The van der Waals surface area contributed by atoms with Crippen LogP contribution in [0.1, 0.15) is 13.3 Å². The Morgan fingerprint density at radius 2 is 2.38 bits per heavy atom. The summed E-state index contributed by atoms with van der Waals surface area (Å²) in [4.78, 5) is 0. The normalized spacial score (nSPS) is 13.9. The summed E-state index contributed by atoms with van der Waals surface area (Å²) < 4.78 is 25.1. The highest BCUT2D eigenvalue weighted by Gasteiger charge is 2.26. The van der Waals surface area contributed by atoms with Crippen LogP contribution in [0.3, 0.4) is 0 Å². The van der Waals surface area contributed by atoms with E-state index in [1.165, 1.54) is 23.6 Å². The molecule has 1 atom stereocenters. The summed E-state index contributed by atoms with van der Waals surface area (Å²) >= 11 is 0. The van der Waals surface area contributed by atoms with Gasteiger partial charge in [-0.2, -0.15) is 9.40 Å². The van der Waals surface area contributed by atoms with Crippen LogP contribution < -0.4 is 5.73 Å². The topological polar surface area (TPSA) is 116 Å². The van der Waals surface area contributed by atoms with Crippen LogP contribution >= 0.6 is 0 Å². The van der Waals surface area contributed by atoms with E-state index < -0.39 is 10.0 Å². The first kappa shape index (κ1) is 12.7. The summed E-state index contributed by atoms with van der Waals surface area (Å²) in [6.07, 6.45) is 1.57. The van der Waals surface area contributed by atoms with Crippen molar-refractivity contribution in [3.8, 4) is 0 Å². The molecule has 0 spiro atoms. The highest BCUT2D eigenvalue weighted by atomic mass is 32.2. The summed E-state index contributed by atoms with van der Waals surface area (Å²) in [6, 6.07) is 1.01. The lowest BCUT2D eigenvalue weighted by Gasteiger charge is -2.22. The zero-order chi connectivity index (χ0) is 12.3. The van der Waals surface area contributed by atoms with Crippen molar-refractivity contribution in [2.24, 2.45) is 5.73 Å². The van der Waals surface area contributed by atoms with Gasteiger partial charge in [-0.15, -0.1) is 0 Å². The van der Waals surface area contributed by atoms with E-state index in [4.69, 9.17) is 11.1 Å². The van der Waals surface area contributed by atoms with E-state index in [9.17, 15) is 8.42 Å². The molecule has 90 valence electrons. The standard InChI is InChI=1S/C8H15N5O2S/c1-6(5-7(9)10)13(2)16(14,15)8-3-4-11-12-8/h3-4,6H,5H2,1-2H3,(H3,9,10)(H,11,12). The van der Waals surface area contributed by atoms with Gasteiger partial charge in [-0.25, -0.2) is 8.42 Å². The second-order valence-electron chi connectivity index (χ2n) is 3.52. The summed E-state index contributed by atoms with van der Waals surface area (Å²) in [5.74, 6) is -0.0424. The molecule has 0 saturated heterocycles. The fourth-order valence-electron chi connectivity index (χ4n) is 1.23. The van der Waals surface area contributed by atoms with Gasteiger partial charge in [0.25, 0.3) is 10.0 Å². The third kappa shape index (κ3) is 2.58. The van der Waals surface area contributed by atoms with Crippen LogP contribution in [0.4, 0.5) is 0 Å². The molecule has 1 aromatic rings. The van der Waals surface area contributed by atoms with Crippen LogP contribution in [-0.2, 0) is 10.0 Å². The van der Waals surface area contributed by atoms with Gasteiger partial charge in [0.2, 0.25) is 0 Å². The van der Waals surface area contributed by atoms with Crippen molar-refractivity contribution >= 4 is 15.9 Å². The fraction of sp³-hybridized carbons (Fsp3) is 0.500. The van der Waals surface area contributed by atoms with E-state index in [2.05, 4.69) is 10.2 Å². The quantitative estimate of drug-likeness (QED) is 0.489. The molecule has 0 aromatic carbocycles. The summed E-state index contributed by atoms with van der Waals surface area (Å²) in [5.41, 5.74) is 5.23. The SMILES string of the molecule is CC(CC(=N)N)N(C)S(=O)(=O)c1ccn[nH]1. The minimum Gasteiger partial charge on any atom is -0.388 e. The zero-order valence-electron chi connectivity index (χ0n) is 9.14. The number of hydrogen-bond donors (Lipinski definition) is 3.